The molecule has 1 heterocycles. The summed E-state index contributed by atoms with van der Waals surface area (Å²) in [6.07, 6.45) is 10.9. The average molecular weight is 395 g/mol. The van der Waals surface area contributed by atoms with E-state index in [9.17, 15) is 0 Å². The Kier molecular flexibility index (Phi) is 8.96. The molecule has 0 amide bonds. The number of unbranched alkanes of at least 4 members (excludes halogenated alkanes) is 7. The van der Waals surface area contributed by atoms with Crippen LogP contribution in [0.3, 0.4) is 0 Å². The number of imidazole rings is 1. The predicted octanol–water partition coefficient (Wildman–Crippen LogP) is 7.61. The Balaban J connectivity index is 1.52. The van der Waals surface area contributed by atoms with Crippen molar-refractivity contribution in [1.29, 1.82) is 0 Å². The average Bonchev–Trinajstić information content (AvgIpc) is 3.08. The molecule has 0 bridgehead atoms. The molecule has 0 spiro atoms. The zero-order chi connectivity index (χ0) is 19.4. The summed E-state index contributed by atoms with van der Waals surface area (Å²) in [6, 6.07) is 19.3. The van der Waals surface area contributed by atoms with Crippen LogP contribution in [0.2, 0.25) is 0 Å². The second-order valence-corrected chi connectivity index (χ2v) is 8.61. The first kappa shape index (κ1) is 21.0. The van der Waals surface area contributed by atoms with Gasteiger partial charge in [0.15, 0.2) is 0 Å². The van der Waals surface area contributed by atoms with E-state index < -0.39 is 0 Å². The third kappa shape index (κ3) is 6.41. The van der Waals surface area contributed by atoms with Crippen molar-refractivity contribution in [2.75, 3.05) is 0 Å². The Morgan fingerprint density at radius 2 is 1.43 bits per heavy atom. The summed E-state index contributed by atoms with van der Waals surface area (Å²) in [5.74, 6) is 3.24. The fraction of sp³-hybridized carbons (Fsp3) is 0.480. The minimum atomic E-state index is 0.973. The standard InChI is InChI=1S/C25H34N2S/c1-2-3-4-5-6-7-8-14-19-27-24-18-13-12-17-23(24)26-25(27)21-28-20-22-15-10-9-11-16-22/h9-13,15-18H,2-8,14,19-21H2,1H3. The van der Waals surface area contributed by atoms with E-state index in [1.54, 1.807) is 0 Å². The van der Waals surface area contributed by atoms with Crippen LogP contribution >= 0.6 is 11.8 Å². The molecule has 0 unspecified atom stereocenters. The van der Waals surface area contributed by atoms with Gasteiger partial charge in [-0.25, -0.2) is 4.98 Å². The van der Waals surface area contributed by atoms with Crippen molar-refractivity contribution in [3.8, 4) is 0 Å². The summed E-state index contributed by atoms with van der Waals surface area (Å²) in [7, 11) is 0. The predicted molar refractivity (Wildman–Crippen MR) is 124 cm³/mol. The number of hydrogen-bond acceptors (Lipinski definition) is 2. The molecular weight excluding hydrogens is 360 g/mol. The lowest BCUT2D eigenvalue weighted by Crippen LogP contribution is -2.03. The van der Waals surface area contributed by atoms with E-state index in [1.807, 2.05) is 11.8 Å². The summed E-state index contributed by atoms with van der Waals surface area (Å²) in [4.78, 5) is 4.93. The van der Waals surface area contributed by atoms with Gasteiger partial charge in [0.2, 0.25) is 0 Å². The normalized spacial score (nSPS) is 11.3. The zero-order valence-corrected chi connectivity index (χ0v) is 18.1. The first-order chi connectivity index (χ1) is 13.9. The lowest BCUT2D eigenvalue weighted by atomic mass is 10.1. The molecule has 0 radical (unpaired) electrons. The highest BCUT2D eigenvalue weighted by Crippen LogP contribution is 2.23. The molecule has 1 aromatic heterocycles. The second kappa shape index (κ2) is 12.0. The highest BCUT2D eigenvalue weighted by atomic mass is 32.2. The maximum Gasteiger partial charge on any atom is 0.119 e. The van der Waals surface area contributed by atoms with Crippen molar-refractivity contribution >= 4 is 22.8 Å². The topological polar surface area (TPSA) is 17.8 Å². The van der Waals surface area contributed by atoms with Gasteiger partial charge in [-0.3, -0.25) is 0 Å². The monoisotopic (exact) mass is 394 g/mol. The second-order valence-electron chi connectivity index (χ2n) is 7.62. The third-order valence-corrected chi connectivity index (χ3v) is 6.31. The minimum Gasteiger partial charge on any atom is -0.327 e. The lowest BCUT2D eigenvalue weighted by Gasteiger charge is -2.09. The van der Waals surface area contributed by atoms with Crippen LogP contribution in [0.1, 0.15) is 69.7 Å². The first-order valence-corrected chi connectivity index (χ1v) is 12.1. The van der Waals surface area contributed by atoms with Gasteiger partial charge in [0.25, 0.3) is 0 Å². The van der Waals surface area contributed by atoms with E-state index in [1.165, 1.54) is 68.3 Å². The minimum absolute atomic E-state index is 0.973. The molecule has 0 N–H and O–H groups in total. The van der Waals surface area contributed by atoms with Gasteiger partial charge in [0.05, 0.1) is 16.8 Å². The van der Waals surface area contributed by atoms with Gasteiger partial charge >= 0.3 is 0 Å². The smallest absolute Gasteiger partial charge is 0.119 e. The summed E-state index contributed by atoms with van der Waals surface area (Å²) in [6.45, 7) is 3.38. The molecule has 0 fully saturated rings. The number of para-hydroxylation sites is 2. The largest absolute Gasteiger partial charge is 0.327 e. The maximum atomic E-state index is 4.93. The van der Waals surface area contributed by atoms with Crippen molar-refractivity contribution in [1.82, 2.24) is 9.55 Å². The number of thioether (sulfide) groups is 1. The van der Waals surface area contributed by atoms with Crippen molar-refractivity contribution in [3.63, 3.8) is 0 Å². The lowest BCUT2D eigenvalue weighted by molar-refractivity contribution is 0.543. The molecule has 0 aliphatic rings. The van der Waals surface area contributed by atoms with Gasteiger partial charge in [-0.2, -0.15) is 0 Å². The fourth-order valence-electron chi connectivity index (χ4n) is 3.72. The van der Waals surface area contributed by atoms with Crippen LogP contribution < -0.4 is 0 Å². The Morgan fingerprint density at radius 1 is 0.750 bits per heavy atom. The quantitative estimate of drug-likeness (QED) is 0.278. The van der Waals surface area contributed by atoms with Gasteiger partial charge in [0.1, 0.15) is 5.82 Å². The van der Waals surface area contributed by atoms with E-state index in [2.05, 4.69) is 66.1 Å². The molecule has 0 saturated carbocycles. The van der Waals surface area contributed by atoms with Crippen LogP contribution in [-0.2, 0) is 18.1 Å². The van der Waals surface area contributed by atoms with Crippen LogP contribution in [0, 0.1) is 0 Å². The molecular formula is C25H34N2S. The Bertz CT molecular complexity index is 810. The molecule has 0 aliphatic heterocycles. The van der Waals surface area contributed by atoms with Crippen LogP contribution in [0.15, 0.2) is 54.6 Å². The number of aryl methyl sites for hydroxylation is 1. The number of rotatable bonds is 13. The molecule has 3 heteroatoms. The van der Waals surface area contributed by atoms with Crippen LogP contribution in [0.25, 0.3) is 11.0 Å². The van der Waals surface area contributed by atoms with E-state index in [4.69, 9.17) is 4.98 Å². The molecule has 150 valence electrons. The molecule has 3 rings (SSSR count). The number of benzene rings is 2. The molecule has 28 heavy (non-hydrogen) atoms. The third-order valence-electron chi connectivity index (χ3n) is 5.31. The van der Waals surface area contributed by atoms with Gasteiger partial charge in [-0.05, 0) is 24.1 Å². The number of fused-ring (bicyclic) bond motifs is 1. The first-order valence-electron chi connectivity index (χ1n) is 10.9. The van der Waals surface area contributed by atoms with Crippen LogP contribution in [-0.4, -0.2) is 9.55 Å². The van der Waals surface area contributed by atoms with E-state index in [-0.39, 0.29) is 0 Å². The number of nitrogens with zero attached hydrogens (tertiary/aromatic N) is 2. The number of aromatic nitrogens is 2. The molecule has 2 nitrogen and oxygen atoms in total. The maximum absolute atomic E-state index is 4.93. The molecule has 0 atom stereocenters. The Hall–Kier alpha value is -1.74. The van der Waals surface area contributed by atoms with E-state index in [0.29, 0.717) is 0 Å². The van der Waals surface area contributed by atoms with Crippen molar-refractivity contribution in [3.05, 3.63) is 66.0 Å². The molecule has 3 aromatic rings. The fourth-order valence-corrected chi connectivity index (χ4v) is 4.66. The van der Waals surface area contributed by atoms with Gasteiger partial charge in [-0.15, -0.1) is 11.8 Å². The Morgan fingerprint density at radius 3 is 2.21 bits per heavy atom. The summed E-state index contributed by atoms with van der Waals surface area (Å²) in [5.41, 5.74) is 3.82. The summed E-state index contributed by atoms with van der Waals surface area (Å²) in [5, 5.41) is 0. The summed E-state index contributed by atoms with van der Waals surface area (Å²) < 4.78 is 2.46. The highest BCUT2D eigenvalue weighted by molar-refractivity contribution is 7.97. The van der Waals surface area contributed by atoms with Gasteiger partial charge in [0, 0.05) is 12.3 Å². The van der Waals surface area contributed by atoms with Crippen LogP contribution in [0.5, 0.6) is 0 Å². The van der Waals surface area contributed by atoms with Crippen molar-refractivity contribution < 1.29 is 0 Å². The number of hydrogen-bond donors (Lipinski definition) is 0. The van der Waals surface area contributed by atoms with E-state index >= 15 is 0 Å². The van der Waals surface area contributed by atoms with Gasteiger partial charge in [-0.1, -0.05) is 94.3 Å². The molecule has 2 aromatic carbocycles. The Labute approximate surface area is 174 Å². The highest BCUT2D eigenvalue weighted by Gasteiger charge is 2.10. The van der Waals surface area contributed by atoms with E-state index in [0.717, 1.165) is 23.6 Å². The van der Waals surface area contributed by atoms with Crippen molar-refractivity contribution in [2.24, 2.45) is 0 Å². The van der Waals surface area contributed by atoms with Crippen LogP contribution in [0.4, 0.5) is 0 Å². The summed E-state index contributed by atoms with van der Waals surface area (Å²) >= 11 is 1.96. The molecule has 0 aliphatic carbocycles. The zero-order valence-electron chi connectivity index (χ0n) is 17.3. The van der Waals surface area contributed by atoms with Gasteiger partial charge < -0.3 is 4.57 Å². The van der Waals surface area contributed by atoms with Crippen molar-refractivity contribution in [2.45, 2.75) is 76.3 Å². The SMILES string of the molecule is CCCCCCCCCCn1c(CSCc2ccccc2)nc2ccccc21. The molecule has 0 saturated heterocycles.